The van der Waals surface area contributed by atoms with Crippen molar-refractivity contribution >= 4 is 29.3 Å². The van der Waals surface area contributed by atoms with E-state index in [4.69, 9.17) is 0 Å². The number of hydrogen-bond donors (Lipinski definition) is 3. The molecular formula is C17H17F2N5O3S2. The Bertz CT molecular complexity index is 1020. The number of hydrogen-bond acceptors (Lipinski definition) is 9. The summed E-state index contributed by atoms with van der Waals surface area (Å²) in [4.78, 5) is 23.8. The molecule has 12 heteroatoms. The summed E-state index contributed by atoms with van der Waals surface area (Å²) in [5.41, 5.74) is -0.255. The molecule has 3 rings (SSSR count). The van der Waals surface area contributed by atoms with Gasteiger partial charge in [-0.2, -0.15) is 4.98 Å². The van der Waals surface area contributed by atoms with Gasteiger partial charge in [0.15, 0.2) is 22.6 Å². The number of thioether (sulfide) groups is 2. The number of nitrogens with one attached hydrogen (secondary N) is 2. The van der Waals surface area contributed by atoms with Crippen molar-refractivity contribution in [3.8, 4) is 0 Å². The van der Waals surface area contributed by atoms with Crippen molar-refractivity contribution in [3.05, 3.63) is 58.0 Å². The molecule has 0 aliphatic rings. The predicted octanol–water partition coefficient (Wildman–Crippen LogP) is 2.81. The smallest absolute Gasteiger partial charge is 0.267 e. The van der Waals surface area contributed by atoms with E-state index < -0.39 is 17.2 Å². The van der Waals surface area contributed by atoms with Crippen LogP contribution in [0.4, 0.5) is 14.6 Å². The van der Waals surface area contributed by atoms with Gasteiger partial charge in [0.1, 0.15) is 10.7 Å². The quantitative estimate of drug-likeness (QED) is 0.340. The molecular weight excluding hydrogens is 424 g/mol. The van der Waals surface area contributed by atoms with Crippen LogP contribution in [0.3, 0.4) is 0 Å². The van der Waals surface area contributed by atoms with Crippen molar-refractivity contribution in [2.45, 2.75) is 34.5 Å². The molecule has 3 aromatic rings. The average molecular weight is 441 g/mol. The number of nitrogens with zero attached hydrogens (tertiary/aromatic N) is 3. The molecule has 3 N–H and O–H groups in total. The van der Waals surface area contributed by atoms with Gasteiger partial charge in [0.05, 0.1) is 12.4 Å². The Kier molecular flexibility index (Phi) is 7.23. The van der Waals surface area contributed by atoms with Crippen LogP contribution in [-0.4, -0.2) is 37.9 Å². The van der Waals surface area contributed by atoms with Crippen molar-refractivity contribution in [1.29, 1.82) is 0 Å². The van der Waals surface area contributed by atoms with E-state index in [-0.39, 0.29) is 45.6 Å². The number of aromatic amines is 1. The van der Waals surface area contributed by atoms with Gasteiger partial charge >= 0.3 is 0 Å². The first kappa shape index (κ1) is 21.3. The van der Waals surface area contributed by atoms with Crippen LogP contribution in [-0.2, 0) is 11.5 Å². The number of benzene rings is 1. The maximum absolute atomic E-state index is 13.8. The molecule has 0 aliphatic carbocycles. The third-order valence-corrected chi connectivity index (χ3v) is 5.65. The summed E-state index contributed by atoms with van der Waals surface area (Å²) in [6.07, 6.45) is 1.19. The Morgan fingerprint density at radius 3 is 2.86 bits per heavy atom. The molecule has 0 amide bonds. The summed E-state index contributed by atoms with van der Waals surface area (Å²) in [7, 11) is 0. The molecule has 0 spiro atoms. The molecule has 0 radical (unpaired) electrons. The minimum Gasteiger partial charge on any atom is -0.394 e. The van der Waals surface area contributed by atoms with Gasteiger partial charge in [-0.1, -0.05) is 29.1 Å². The highest BCUT2D eigenvalue weighted by Crippen LogP contribution is 2.28. The summed E-state index contributed by atoms with van der Waals surface area (Å²) in [6, 6.07) is 3.56. The molecule has 2 heterocycles. The number of aliphatic hydroxyl groups excluding tert-OH is 1. The van der Waals surface area contributed by atoms with Crippen LogP contribution in [0.15, 0.2) is 44.0 Å². The average Bonchev–Trinajstić information content (AvgIpc) is 3.22. The van der Waals surface area contributed by atoms with Crippen molar-refractivity contribution < 1.29 is 18.4 Å². The van der Waals surface area contributed by atoms with Gasteiger partial charge in [-0.25, -0.2) is 13.8 Å². The first-order valence-electron chi connectivity index (χ1n) is 8.43. The van der Waals surface area contributed by atoms with Crippen LogP contribution in [0.5, 0.6) is 0 Å². The van der Waals surface area contributed by atoms with Crippen LogP contribution in [0.25, 0.3) is 0 Å². The highest BCUT2D eigenvalue weighted by Gasteiger charge is 2.16. The van der Waals surface area contributed by atoms with Crippen molar-refractivity contribution in [1.82, 2.24) is 20.1 Å². The zero-order valence-electron chi connectivity index (χ0n) is 15.2. The van der Waals surface area contributed by atoms with Gasteiger partial charge in [0.25, 0.3) is 5.56 Å². The second kappa shape index (κ2) is 9.85. The van der Waals surface area contributed by atoms with E-state index in [1.165, 1.54) is 18.5 Å². The molecule has 0 aliphatic heterocycles. The molecule has 1 aromatic carbocycles. The largest absolute Gasteiger partial charge is 0.394 e. The van der Waals surface area contributed by atoms with Gasteiger partial charge in [-0.3, -0.25) is 4.79 Å². The van der Waals surface area contributed by atoms with Gasteiger partial charge in [0.2, 0.25) is 6.39 Å². The maximum Gasteiger partial charge on any atom is 0.267 e. The summed E-state index contributed by atoms with van der Waals surface area (Å²) in [5.74, 6) is -0.818. The van der Waals surface area contributed by atoms with E-state index in [1.54, 1.807) is 6.92 Å². The second-order valence-electron chi connectivity index (χ2n) is 5.91. The van der Waals surface area contributed by atoms with E-state index in [1.807, 2.05) is 0 Å². The third kappa shape index (κ3) is 5.55. The highest BCUT2D eigenvalue weighted by atomic mass is 32.2. The minimum atomic E-state index is -0.933. The molecule has 0 bridgehead atoms. The number of halogens is 2. The van der Waals surface area contributed by atoms with Gasteiger partial charge in [0, 0.05) is 17.4 Å². The maximum atomic E-state index is 13.8. The summed E-state index contributed by atoms with van der Waals surface area (Å²) < 4.78 is 31.9. The normalized spacial score (nSPS) is 12.1. The van der Waals surface area contributed by atoms with Crippen molar-refractivity contribution in [2.75, 3.05) is 11.9 Å². The Morgan fingerprint density at radius 1 is 1.31 bits per heavy atom. The van der Waals surface area contributed by atoms with Crippen LogP contribution in [0, 0.1) is 11.6 Å². The predicted molar refractivity (Wildman–Crippen MR) is 105 cm³/mol. The fourth-order valence-electron chi connectivity index (χ4n) is 2.22. The number of aliphatic hydroxyl groups is 1. The Morgan fingerprint density at radius 2 is 2.14 bits per heavy atom. The molecule has 0 saturated carbocycles. The molecule has 1 atom stereocenters. The lowest BCUT2D eigenvalue weighted by Crippen LogP contribution is -2.24. The zero-order valence-corrected chi connectivity index (χ0v) is 16.8. The fraction of sp³-hybridized carbons (Fsp3) is 0.294. The lowest BCUT2D eigenvalue weighted by molar-refractivity contribution is 0.281. The van der Waals surface area contributed by atoms with Gasteiger partial charge < -0.3 is 19.9 Å². The molecule has 0 saturated heterocycles. The van der Waals surface area contributed by atoms with Crippen LogP contribution in [0.1, 0.15) is 18.3 Å². The Hall–Kier alpha value is -2.44. The fourth-order valence-corrected chi connectivity index (χ4v) is 3.88. The second-order valence-corrected chi connectivity index (χ2v) is 7.86. The molecule has 0 fully saturated rings. The molecule has 0 unspecified atom stereocenters. The molecule has 2 aromatic heterocycles. The van der Waals surface area contributed by atoms with E-state index >= 15 is 0 Å². The Labute approximate surface area is 172 Å². The van der Waals surface area contributed by atoms with Gasteiger partial charge in [-0.05, 0) is 13.0 Å². The lowest BCUT2D eigenvalue weighted by atomic mass is 10.2. The third-order valence-electron chi connectivity index (χ3n) is 3.66. The highest BCUT2D eigenvalue weighted by molar-refractivity contribution is 7.99. The standard InChI is InChI=1S/C17H17F2N5O3S2/c1-9(5-25)21-15-14(28-7-12-20-8-27-24-12)16(26)23-17(22-15)29-6-10-3-2-4-11(18)13(10)19/h2-4,8-9,25H,5-7H2,1H3,(H2,21,22,23,26)/t9-/m1/s1. The number of rotatable bonds is 9. The summed E-state index contributed by atoms with van der Waals surface area (Å²) in [5, 5.41) is 16.2. The molecule has 29 heavy (non-hydrogen) atoms. The topological polar surface area (TPSA) is 117 Å². The van der Waals surface area contributed by atoms with E-state index in [2.05, 4.69) is 29.9 Å². The minimum absolute atomic E-state index is 0.0802. The zero-order chi connectivity index (χ0) is 20.8. The van der Waals surface area contributed by atoms with E-state index in [9.17, 15) is 18.7 Å². The van der Waals surface area contributed by atoms with Crippen LogP contribution < -0.4 is 10.9 Å². The number of H-pyrrole nitrogens is 1. The van der Waals surface area contributed by atoms with Crippen LogP contribution >= 0.6 is 23.5 Å². The first-order valence-corrected chi connectivity index (χ1v) is 10.4. The van der Waals surface area contributed by atoms with E-state index in [0.29, 0.717) is 5.82 Å². The summed E-state index contributed by atoms with van der Waals surface area (Å²) >= 11 is 2.22. The monoisotopic (exact) mass is 441 g/mol. The van der Waals surface area contributed by atoms with Crippen LogP contribution in [0.2, 0.25) is 0 Å². The van der Waals surface area contributed by atoms with E-state index in [0.717, 1.165) is 29.6 Å². The lowest BCUT2D eigenvalue weighted by Gasteiger charge is -2.15. The van der Waals surface area contributed by atoms with Gasteiger partial charge in [-0.15, -0.1) is 11.8 Å². The summed E-state index contributed by atoms with van der Waals surface area (Å²) in [6.45, 7) is 1.56. The molecule has 8 nitrogen and oxygen atoms in total. The first-order chi connectivity index (χ1) is 14.0. The Balaban J connectivity index is 1.82. The number of anilines is 1. The SMILES string of the molecule is C[C@H](CO)Nc1nc(SCc2cccc(F)c2F)[nH]c(=O)c1SCc1ncon1. The molecule has 154 valence electrons. The van der Waals surface area contributed by atoms with Crippen molar-refractivity contribution in [2.24, 2.45) is 0 Å². The van der Waals surface area contributed by atoms with Crippen molar-refractivity contribution in [3.63, 3.8) is 0 Å². The number of aromatic nitrogens is 4.